The molecule has 0 aromatic rings. The topological polar surface area (TPSA) is 66.8 Å². The maximum absolute atomic E-state index is 12.1. The summed E-state index contributed by atoms with van der Waals surface area (Å²) in [5, 5.41) is 22.3. The minimum Gasteiger partial charge on any atom is -0.458 e. The van der Waals surface area contributed by atoms with Crippen LogP contribution in [0.2, 0.25) is 0 Å². The molecule has 0 aromatic carbocycles. The normalized spacial score (nSPS) is 54.6. The van der Waals surface area contributed by atoms with E-state index in [1.54, 1.807) is 6.08 Å². The molecule has 0 saturated heterocycles. The van der Waals surface area contributed by atoms with Crippen molar-refractivity contribution in [1.29, 1.82) is 0 Å². The van der Waals surface area contributed by atoms with Crippen molar-refractivity contribution in [3.8, 4) is 0 Å². The monoisotopic (exact) mass is 374 g/mol. The van der Waals surface area contributed by atoms with Gasteiger partial charge in [-0.1, -0.05) is 13.8 Å². The molecule has 1 aliphatic heterocycles. The van der Waals surface area contributed by atoms with Crippen LogP contribution in [0.25, 0.3) is 0 Å². The van der Waals surface area contributed by atoms with E-state index in [0.717, 1.165) is 56.9 Å². The average molecular weight is 375 g/mol. The Morgan fingerprint density at radius 1 is 1.04 bits per heavy atom. The molecule has 150 valence electrons. The van der Waals surface area contributed by atoms with Crippen molar-refractivity contribution in [2.45, 2.75) is 83.3 Å². The molecule has 8 atom stereocenters. The minimum absolute atomic E-state index is 0.126. The lowest BCUT2D eigenvalue weighted by molar-refractivity contribution is -0.208. The first-order valence-electron chi connectivity index (χ1n) is 11.1. The molecule has 5 aliphatic rings. The molecule has 0 bridgehead atoms. The Hall–Kier alpha value is -0.870. The molecule has 2 N–H and O–H groups in total. The molecule has 4 saturated carbocycles. The van der Waals surface area contributed by atoms with Crippen molar-refractivity contribution in [2.24, 2.45) is 34.5 Å². The molecule has 5 rings (SSSR count). The Bertz CT molecular complexity index is 686. The van der Waals surface area contributed by atoms with Gasteiger partial charge in [0.2, 0.25) is 0 Å². The third-order valence-electron chi connectivity index (χ3n) is 9.96. The number of carbonyl (C=O) groups is 1. The fourth-order valence-corrected chi connectivity index (χ4v) is 8.39. The van der Waals surface area contributed by atoms with E-state index in [1.165, 1.54) is 6.42 Å². The molecule has 0 aromatic heterocycles. The highest BCUT2D eigenvalue weighted by Crippen LogP contribution is 2.69. The number of hydrogen-bond donors (Lipinski definition) is 2. The summed E-state index contributed by atoms with van der Waals surface area (Å²) in [4.78, 5) is 11.6. The third kappa shape index (κ3) is 2.32. The van der Waals surface area contributed by atoms with Crippen LogP contribution < -0.4 is 0 Å². The van der Waals surface area contributed by atoms with E-state index in [1.807, 2.05) is 0 Å². The maximum Gasteiger partial charge on any atom is 0.331 e. The molecule has 4 aliphatic carbocycles. The molecule has 0 radical (unpaired) electrons. The standard InChI is InChI=1S/C23H34O4/c1-21-8-5-16(24)12-15(21)3-4-19-18(21)6-9-22(2)17(7-10-23(19,22)26)14-11-20(25)27-13-14/h11,15-19,24,26H,3-10,12-13H2,1-2H3/t15-,16-,17+,18+,19-,21-,22+,23-/m0/s1. The fourth-order valence-electron chi connectivity index (χ4n) is 8.39. The highest BCUT2D eigenvalue weighted by molar-refractivity contribution is 5.85. The minimum atomic E-state index is -0.628. The van der Waals surface area contributed by atoms with Gasteiger partial charge in [0.1, 0.15) is 6.61 Å². The summed E-state index contributed by atoms with van der Waals surface area (Å²) in [5.74, 6) is 1.59. The summed E-state index contributed by atoms with van der Waals surface area (Å²) in [7, 11) is 0. The van der Waals surface area contributed by atoms with Crippen LogP contribution in [0.3, 0.4) is 0 Å². The second-order valence-electron chi connectivity index (χ2n) is 10.7. The lowest BCUT2D eigenvalue weighted by Gasteiger charge is -2.63. The summed E-state index contributed by atoms with van der Waals surface area (Å²) >= 11 is 0. The third-order valence-corrected chi connectivity index (χ3v) is 9.96. The van der Waals surface area contributed by atoms with Crippen LogP contribution >= 0.6 is 0 Å². The summed E-state index contributed by atoms with van der Waals surface area (Å²) in [6, 6.07) is 0. The Kier molecular flexibility index (Phi) is 3.92. The van der Waals surface area contributed by atoms with Gasteiger partial charge in [-0.3, -0.25) is 0 Å². The summed E-state index contributed by atoms with van der Waals surface area (Å²) in [6.07, 6.45) is 10.8. The van der Waals surface area contributed by atoms with Gasteiger partial charge in [0.25, 0.3) is 0 Å². The zero-order valence-electron chi connectivity index (χ0n) is 16.7. The Morgan fingerprint density at radius 2 is 1.85 bits per heavy atom. The summed E-state index contributed by atoms with van der Waals surface area (Å²) in [5.41, 5.74) is 0.600. The smallest absolute Gasteiger partial charge is 0.331 e. The van der Waals surface area contributed by atoms with E-state index >= 15 is 0 Å². The first kappa shape index (κ1) is 18.2. The first-order chi connectivity index (χ1) is 12.8. The lowest BCUT2D eigenvalue weighted by Crippen LogP contribution is -2.62. The van der Waals surface area contributed by atoms with Gasteiger partial charge in [0, 0.05) is 11.5 Å². The summed E-state index contributed by atoms with van der Waals surface area (Å²) in [6.45, 7) is 5.15. The number of cyclic esters (lactones) is 1. The number of aliphatic hydroxyl groups is 2. The Labute approximate surface area is 162 Å². The van der Waals surface area contributed by atoms with Gasteiger partial charge in [0.05, 0.1) is 11.7 Å². The molecule has 0 unspecified atom stereocenters. The van der Waals surface area contributed by atoms with E-state index in [-0.39, 0.29) is 28.8 Å². The SMILES string of the molecule is C[C@]12CC[C@H](O)C[C@@H]1CC[C@H]1[C@H]2CC[C@]2(C)[C@@H](C3=CC(=O)OC3)CC[C@]12O. The molecular formula is C23H34O4. The molecule has 4 fully saturated rings. The number of esters is 1. The average Bonchev–Trinajstić information content (AvgIpc) is 3.16. The van der Waals surface area contributed by atoms with Crippen molar-refractivity contribution in [1.82, 2.24) is 0 Å². The van der Waals surface area contributed by atoms with Crippen LogP contribution in [0, 0.1) is 34.5 Å². The molecule has 4 heteroatoms. The predicted molar refractivity (Wildman–Crippen MR) is 102 cm³/mol. The van der Waals surface area contributed by atoms with Gasteiger partial charge in [-0.2, -0.15) is 0 Å². The highest BCUT2D eigenvalue weighted by Gasteiger charge is 2.67. The van der Waals surface area contributed by atoms with E-state index in [9.17, 15) is 15.0 Å². The Morgan fingerprint density at radius 3 is 2.59 bits per heavy atom. The number of aliphatic hydroxyl groups excluding tert-OH is 1. The molecule has 1 heterocycles. The highest BCUT2D eigenvalue weighted by atomic mass is 16.5. The number of fused-ring (bicyclic) bond motifs is 5. The molecular weight excluding hydrogens is 340 g/mol. The number of ether oxygens (including phenoxy) is 1. The second-order valence-corrected chi connectivity index (χ2v) is 10.7. The van der Waals surface area contributed by atoms with Crippen molar-refractivity contribution in [3.63, 3.8) is 0 Å². The van der Waals surface area contributed by atoms with E-state index in [2.05, 4.69) is 13.8 Å². The number of carbonyl (C=O) groups excluding carboxylic acids is 1. The summed E-state index contributed by atoms with van der Waals surface area (Å²) < 4.78 is 5.20. The Balaban J connectivity index is 1.47. The van der Waals surface area contributed by atoms with Gasteiger partial charge >= 0.3 is 5.97 Å². The number of rotatable bonds is 1. The quantitative estimate of drug-likeness (QED) is 0.688. The fraction of sp³-hybridized carbons (Fsp3) is 0.870. The van der Waals surface area contributed by atoms with Crippen LogP contribution in [0.15, 0.2) is 11.6 Å². The number of hydrogen-bond acceptors (Lipinski definition) is 4. The zero-order valence-corrected chi connectivity index (χ0v) is 16.7. The van der Waals surface area contributed by atoms with E-state index in [4.69, 9.17) is 4.74 Å². The largest absolute Gasteiger partial charge is 0.458 e. The molecule has 0 amide bonds. The van der Waals surface area contributed by atoms with Crippen molar-refractivity contribution in [3.05, 3.63) is 11.6 Å². The second kappa shape index (κ2) is 5.82. The molecule has 0 spiro atoms. The van der Waals surface area contributed by atoms with Crippen molar-refractivity contribution >= 4 is 5.97 Å². The predicted octanol–water partition coefficient (Wildman–Crippen LogP) is 3.60. The molecule has 4 nitrogen and oxygen atoms in total. The van der Waals surface area contributed by atoms with Gasteiger partial charge in [0.15, 0.2) is 0 Å². The van der Waals surface area contributed by atoms with E-state index < -0.39 is 5.60 Å². The van der Waals surface area contributed by atoms with Crippen molar-refractivity contribution in [2.75, 3.05) is 6.61 Å². The van der Waals surface area contributed by atoms with Crippen LogP contribution in [-0.4, -0.2) is 34.5 Å². The van der Waals surface area contributed by atoms with Gasteiger partial charge in [-0.05, 0) is 92.4 Å². The molecule has 27 heavy (non-hydrogen) atoms. The van der Waals surface area contributed by atoms with Crippen LogP contribution in [0.5, 0.6) is 0 Å². The van der Waals surface area contributed by atoms with Gasteiger partial charge < -0.3 is 14.9 Å². The van der Waals surface area contributed by atoms with E-state index in [0.29, 0.717) is 24.4 Å². The zero-order chi connectivity index (χ0) is 19.0. The first-order valence-corrected chi connectivity index (χ1v) is 11.1. The van der Waals surface area contributed by atoms with Crippen molar-refractivity contribution < 1.29 is 19.7 Å². The van der Waals surface area contributed by atoms with Crippen LogP contribution in [0.1, 0.15) is 71.6 Å². The van der Waals surface area contributed by atoms with Crippen LogP contribution in [-0.2, 0) is 9.53 Å². The van der Waals surface area contributed by atoms with Gasteiger partial charge in [-0.15, -0.1) is 0 Å². The van der Waals surface area contributed by atoms with Crippen LogP contribution in [0.4, 0.5) is 0 Å². The maximum atomic E-state index is 12.1. The lowest BCUT2D eigenvalue weighted by atomic mass is 9.43. The van der Waals surface area contributed by atoms with Gasteiger partial charge in [-0.25, -0.2) is 4.79 Å².